The third kappa shape index (κ3) is 3.43. The Morgan fingerprint density at radius 3 is 2.74 bits per heavy atom. The van der Waals surface area contributed by atoms with Gasteiger partial charge >= 0.3 is 0 Å². The van der Waals surface area contributed by atoms with Crippen LogP contribution in [-0.4, -0.2) is 50.7 Å². The molecule has 1 N–H and O–H groups in total. The molecule has 2 saturated heterocycles. The maximum absolute atomic E-state index is 13.5. The Kier molecular flexibility index (Phi) is 5.34. The Labute approximate surface area is 139 Å². The Hall–Kier alpha value is -1.39. The molecule has 23 heavy (non-hydrogen) atoms. The number of likely N-dealkylation sites (tertiary alicyclic amines) is 1. The number of nitrogens with zero attached hydrogens (tertiary/aromatic N) is 1. The van der Waals surface area contributed by atoms with E-state index in [0.29, 0.717) is 25.0 Å². The first-order chi connectivity index (χ1) is 11.3. The maximum Gasteiger partial charge on any atom is 0.233 e. The van der Waals surface area contributed by atoms with Crippen LogP contribution < -0.4 is 5.32 Å². The fourth-order valence-corrected chi connectivity index (χ4v) is 4.11. The van der Waals surface area contributed by atoms with Gasteiger partial charge in [-0.25, -0.2) is 0 Å². The predicted molar refractivity (Wildman–Crippen MR) is 91.4 cm³/mol. The summed E-state index contributed by atoms with van der Waals surface area (Å²) >= 11 is 0. The number of ether oxygens (including phenoxy) is 1. The first-order valence-corrected chi connectivity index (χ1v) is 8.83. The standard InChI is InChI=1S/C19H28N2O2/c1-20-14-16-6-5-11-21(15-16)18(22)19(9-12-23-13-10-19)17-7-3-2-4-8-17/h2-4,7-8,16,20H,5-6,9-15H2,1H3. The van der Waals surface area contributed by atoms with E-state index in [1.54, 1.807) is 0 Å². The molecule has 1 amide bonds. The van der Waals surface area contributed by atoms with Gasteiger partial charge in [-0.1, -0.05) is 30.3 Å². The average molecular weight is 316 g/mol. The summed E-state index contributed by atoms with van der Waals surface area (Å²) in [5.74, 6) is 0.887. The predicted octanol–water partition coefficient (Wildman–Crippen LogP) is 2.19. The summed E-state index contributed by atoms with van der Waals surface area (Å²) in [6, 6.07) is 10.3. The first-order valence-electron chi connectivity index (χ1n) is 8.83. The van der Waals surface area contributed by atoms with Gasteiger partial charge in [0.2, 0.25) is 5.91 Å². The summed E-state index contributed by atoms with van der Waals surface area (Å²) in [6.07, 6.45) is 3.91. The van der Waals surface area contributed by atoms with Crippen LogP contribution in [0, 0.1) is 5.92 Å². The van der Waals surface area contributed by atoms with Crippen LogP contribution in [0.1, 0.15) is 31.2 Å². The van der Waals surface area contributed by atoms with Crippen molar-refractivity contribution >= 4 is 5.91 Å². The summed E-state index contributed by atoms with van der Waals surface area (Å²) < 4.78 is 5.56. The topological polar surface area (TPSA) is 41.6 Å². The number of carbonyl (C=O) groups is 1. The van der Waals surface area contributed by atoms with E-state index in [-0.39, 0.29) is 5.41 Å². The highest BCUT2D eigenvalue weighted by atomic mass is 16.5. The van der Waals surface area contributed by atoms with Crippen molar-refractivity contribution in [1.82, 2.24) is 10.2 Å². The van der Waals surface area contributed by atoms with Crippen LogP contribution in [0.5, 0.6) is 0 Å². The van der Waals surface area contributed by atoms with Gasteiger partial charge in [0, 0.05) is 26.3 Å². The van der Waals surface area contributed by atoms with Crippen LogP contribution in [0.3, 0.4) is 0 Å². The second-order valence-corrected chi connectivity index (χ2v) is 6.88. The van der Waals surface area contributed by atoms with Crippen molar-refractivity contribution in [3.05, 3.63) is 35.9 Å². The lowest BCUT2D eigenvalue weighted by Gasteiger charge is -2.42. The monoisotopic (exact) mass is 316 g/mol. The fraction of sp³-hybridized carbons (Fsp3) is 0.632. The Morgan fingerprint density at radius 2 is 2.04 bits per heavy atom. The number of amides is 1. The van der Waals surface area contributed by atoms with Gasteiger partial charge in [0.05, 0.1) is 5.41 Å². The number of hydrogen-bond donors (Lipinski definition) is 1. The van der Waals surface area contributed by atoms with E-state index in [0.717, 1.165) is 44.5 Å². The molecule has 1 unspecified atom stereocenters. The van der Waals surface area contributed by atoms with Gasteiger partial charge < -0.3 is 15.0 Å². The zero-order chi connectivity index (χ0) is 16.1. The Morgan fingerprint density at radius 1 is 1.30 bits per heavy atom. The summed E-state index contributed by atoms with van der Waals surface area (Å²) in [5, 5.41) is 3.26. The fourth-order valence-electron chi connectivity index (χ4n) is 4.11. The van der Waals surface area contributed by atoms with Gasteiger partial charge in [-0.15, -0.1) is 0 Å². The highest BCUT2D eigenvalue weighted by molar-refractivity contribution is 5.88. The minimum atomic E-state index is -0.388. The molecule has 0 aromatic heterocycles. The normalized spacial score (nSPS) is 24.4. The van der Waals surface area contributed by atoms with Crippen molar-refractivity contribution in [2.24, 2.45) is 5.92 Å². The highest BCUT2D eigenvalue weighted by Gasteiger charge is 2.44. The van der Waals surface area contributed by atoms with Crippen molar-refractivity contribution in [3.8, 4) is 0 Å². The second-order valence-electron chi connectivity index (χ2n) is 6.88. The number of rotatable bonds is 4. The Balaban J connectivity index is 1.83. The van der Waals surface area contributed by atoms with Gasteiger partial charge in [-0.2, -0.15) is 0 Å². The lowest BCUT2D eigenvalue weighted by atomic mass is 9.72. The van der Waals surface area contributed by atoms with Crippen LogP contribution in [0.15, 0.2) is 30.3 Å². The number of benzene rings is 1. The number of nitrogens with one attached hydrogen (secondary N) is 1. The molecule has 1 aromatic rings. The molecule has 1 atom stereocenters. The van der Waals surface area contributed by atoms with Crippen LogP contribution in [0.25, 0.3) is 0 Å². The molecule has 3 rings (SSSR count). The van der Waals surface area contributed by atoms with E-state index in [4.69, 9.17) is 4.74 Å². The van der Waals surface area contributed by atoms with Crippen LogP contribution in [0.2, 0.25) is 0 Å². The van der Waals surface area contributed by atoms with E-state index in [2.05, 4.69) is 22.3 Å². The van der Waals surface area contributed by atoms with Gasteiger partial charge in [0.25, 0.3) is 0 Å². The summed E-state index contributed by atoms with van der Waals surface area (Å²) in [7, 11) is 1.99. The minimum absolute atomic E-state index is 0.313. The molecule has 126 valence electrons. The third-order valence-corrected chi connectivity index (χ3v) is 5.38. The quantitative estimate of drug-likeness (QED) is 0.926. The van der Waals surface area contributed by atoms with Crippen molar-refractivity contribution < 1.29 is 9.53 Å². The zero-order valence-corrected chi connectivity index (χ0v) is 14.1. The van der Waals surface area contributed by atoms with E-state index in [9.17, 15) is 4.79 Å². The molecule has 0 spiro atoms. The molecule has 1 aromatic carbocycles. The molecule has 4 heteroatoms. The second kappa shape index (κ2) is 7.45. The molecule has 2 aliphatic rings. The molecular formula is C19H28N2O2. The maximum atomic E-state index is 13.5. The summed E-state index contributed by atoms with van der Waals surface area (Å²) in [6.45, 7) is 4.12. The number of piperidine rings is 1. The average Bonchev–Trinajstić information content (AvgIpc) is 2.63. The van der Waals surface area contributed by atoms with E-state index < -0.39 is 0 Å². The summed E-state index contributed by atoms with van der Waals surface area (Å²) in [5.41, 5.74) is 0.769. The lowest BCUT2D eigenvalue weighted by Crippen LogP contribution is -2.53. The third-order valence-electron chi connectivity index (χ3n) is 5.38. The molecule has 2 fully saturated rings. The van der Waals surface area contributed by atoms with Crippen molar-refractivity contribution in [1.29, 1.82) is 0 Å². The molecule has 0 bridgehead atoms. The van der Waals surface area contributed by atoms with Crippen molar-refractivity contribution in [2.45, 2.75) is 31.1 Å². The van der Waals surface area contributed by atoms with Crippen molar-refractivity contribution in [3.63, 3.8) is 0 Å². The van der Waals surface area contributed by atoms with E-state index in [1.165, 1.54) is 6.42 Å². The van der Waals surface area contributed by atoms with Gasteiger partial charge in [-0.05, 0) is 50.8 Å². The SMILES string of the molecule is CNCC1CCCN(C(=O)C2(c3ccccc3)CCOCC2)C1. The van der Waals surface area contributed by atoms with Gasteiger partial charge in [0.15, 0.2) is 0 Å². The molecular weight excluding hydrogens is 288 g/mol. The van der Waals surface area contributed by atoms with E-state index in [1.807, 2.05) is 25.2 Å². The molecule has 0 saturated carbocycles. The van der Waals surface area contributed by atoms with Crippen molar-refractivity contribution in [2.75, 3.05) is 39.9 Å². The van der Waals surface area contributed by atoms with Gasteiger partial charge in [0.1, 0.15) is 0 Å². The molecule has 0 radical (unpaired) electrons. The molecule has 0 aliphatic carbocycles. The number of hydrogen-bond acceptors (Lipinski definition) is 3. The van der Waals surface area contributed by atoms with Crippen LogP contribution >= 0.6 is 0 Å². The molecule has 2 heterocycles. The summed E-state index contributed by atoms with van der Waals surface area (Å²) in [4.78, 5) is 15.6. The van der Waals surface area contributed by atoms with Crippen LogP contribution in [0.4, 0.5) is 0 Å². The van der Waals surface area contributed by atoms with Gasteiger partial charge in [-0.3, -0.25) is 4.79 Å². The largest absolute Gasteiger partial charge is 0.381 e. The Bertz CT molecular complexity index is 509. The van der Waals surface area contributed by atoms with E-state index >= 15 is 0 Å². The molecule has 2 aliphatic heterocycles. The zero-order valence-electron chi connectivity index (χ0n) is 14.1. The highest BCUT2D eigenvalue weighted by Crippen LogP contribution is 2.37. The number of carbonyl (C=O) groups excluding carboxylic acids is 1. The first kappa shape index (κ1) is 16.5. The smallest absolute Gasteiger partial charge is 0.233 e. The minimum Gasteiger partial charge on any atom is -0.381 e. The lowest BCUT2D eigenvalue weighted by molar-refractivity contribution is -0.143. The van der Waals surface area contributed by atoms with Crippen LogP contribution in [-0.2, 0) is 14.9 Å². The molecule has 4 nitrogen and oxygen atoms in total.